The minimum Gasteiger partial charge on any atom is -0.166 e. The molecule has 0 aromatic rings. The van der Waals surface area contributed by atoms with Crippen molar-refractivity contribution in [2.45, 2.75) is 24.8 Å². The Morgan fingerprint density at radius 1 is 1.60 bits per heavy atom. The van der Waals surface area contributed by atoms with Crippen molar-refractivity contribution in [2.24, 2.45) is 0 Å². The van der Waals surface area contributed by atoms with Crippen LogP contribution in [0.15, 0.2) is 11.0 Å². The zero-order chi connectivity index (χ0) is 7.78. The van der Waals surface area contributed by atoms with Crippen LogP contribution in [0.3, 0.4) is 0 Å². The van der Waals surface area contributed by atoms with Gasteiger partial charge in [-0.2, -0.15) is 13.2 Å². The molecular formula is C6H7F3S. The normalized spacial score (nSPS) is 26.8. The molecule has 0 bridgehead atoms. The Labute approximate surface area is 61.5 Å². The number of alkyl halides is 3. The highest BCUT2D eigenvalue weighted by Gasteiger charge is 2.37. The summed E-state index contributed by atoms with van der Waals surface area (Å²) in [5, 5.41) is 0.0941. The van der Waals surface area contributed by atoms with Gasteiger partial charge in [0, 0.05) is 5.25 Å². The van der Waals surface area contributed by atoms with Crippen LogP contribution in [0, 0.1) is 0 Å². The van der Waals surface area contributed by atoms with Gasteiger partial charge in [0.1, 0.15) is 0 Å². The fourth-order valence-electron chi connectivity index (χ4n) is 0.769. The first-order valence-electron chi connectivity index (χ1n) is 2.94. The predicted molar refractivity (Wildman–Crippen MR) is 35.8 cm³/mol. The van der Waals surface area contributed by atoms with Gasteiger partial charge in [-0.15, -0.1) is 11.8 Å². The van der Waals surface area contributed by atoms with Crippen LogP contribution in [0.1, 0.15) is 13.3 Å². The summed E-state index contributed by atoms with van der Waals surface area (Å²) in [4.78, 5) is -0.431. The van der Waals surface area contributed by atoms with Crippen molar-refractivity contribution < 1.29 is 13.2 Å². The largest absolute Gasteiger partial charge is 0.421 e. The molecule has 4 heteroatoms. The van der Waals surface area contributed by atoms with E-state index in [2.05, 4.69) is 0 Å². The first-order valence-corrected chi connectivity index (χ1v) is 3.82. The lowest BCUT2D eigenvalue weighted by Crippen LogP contribution is -2.07. The van der Waals surface area contributed by atoms with Crippen LogP contribution < -0.4 is 0 Å². The summed E-state index contributed by atoms with van der Waals surface area (Å²) in [6, 6.07) is 0. The maximum Gasteiger partial charge on any atom is 0.421 e. The molecule has 0 spiro atoms. The van der Waals surface area contributed by atoms with Crippen molar-refractivity contribution in [1.29, 1.82) is 0 Å². The number of thioether (sulfide) groups is 1. The zero-order valence-electron chi connectivity index (χ0n) is 5.40. The van der Waals surface area contributed by atoms with E-state index < -0.39 is 11.1 Å². The molecule has 1 aliphatic heterocycles. The number of hydrogen-bond acceptors (Lipinski definition) is 1. The van der Waals surface area contributed by atoms with E-state index in [1.165, 1.54) is 6.08 Å². The summed E-state index contributed by atoms with van der Waals surface area (Å²) < 4.78 is 35.5. The highest BCUT2D eigenvalue weighted by molar-refractivity contribution is 8.04. The van der Waals surface area contributed by atoms with E-state index in [9.17, 15) is 13.2 Å². The summed E-state index contributed by atoms with van der Waals surface area (Å²) in [6.07, 6.45) is -2.32. The van der Waals surface area contributed by atoms with Gasteiger partial charge in [0.25, 0.3) is 0 Å². The van der Waals surface area contributed by atoms with Crippen LogP contribution >= 0.6 is 11.8 Å². The molecular weight excluding hydrogens is 161 g/mol. The van der Waals surface area contributed by atoms with Crippen molar-refractivity contribution in [3.63, 3.8) is 0 Å². The highest BCUT2D eigenvalue weighted by atomic mass is 32.2. The average Bonchev–Trinajstić information content (AvgIpc) is 2.11. The number of rotatable bonds is 0. The van der Waals surface area contributed by atoms with Gasteiger partial charge in [0.2, 0.25) is 0 Å². The fraction of sp³-hybridized carbons (Fsp3) is 0.667. The molecule has 0 saturated heterocycles. The van der Waals surface area contributed by atoms with Gasteiger partial charge in [-0.1, -0.05) is 13.0 Å². The average molecular weight is 168 g/mol. The van der Waals surface area contributed by atoms with Gasteiger partial charge in [0.05, 0.1) is 4.91 Å². The van der Waals surface area contributed by atoms with E-state index >= 15 is 0 Å². The summed E-state index contributed by atoms with van der Waals surface area (Å²) in [5.74, 6) is 0. The molecule has 0 aliphatic carbocycles. The van der Waals surface area contributed by atoms with Gasteiger partial charge in [0.15, 0.2) is 0 Å². The lowest BCUT2D eigenvalue weighted by molar-refractivity contribution is -0.0835. The van der Waals surface area contributed by atoms with Crippen molar-refractivity contribution in [1.82, 2.24) is 0 Å². The molecule has 0 aromatic carbocycles. The molecule has 1 unspecified atom stereocenters. The molecule has 0 N–H and O–H groups in total. The summed E-state index contributed by atoms with van der Waals surface area (Å²) in [6.45, 7) is 1.79. The maximum atomic E-state index is 11.8. The Morgan fingerprint density at radius 3 is 2.40 bits per heavy atom. The minimum absolute atomic E-state index is 0.0941. The molecule has 1 rings (SSSR count). The predicted octanol–water partition coefficient (Wildman–Crippen LogP) is 2.96. The first kappa shape index (κ1) is 7.98. The Balaban J connectivity index is 2.60. The van der Waals surface area contributed by atoms with Crippen LogP contribution in [-0.4, -0.2) is 11.4 Å². The fourth-order valence-corrected chi connectivity index (χ4v) is 1.72. The third-order valence-electron chi connectivity index (χ3n) is 1.24. The van der Waals surface area contributed by atoms with Crippen LogP contribution in [-0.2, 0) is 0 Å². The first-order chi connectivity index (χ1) is 4.50. The molecule has 1 aliphatic rings. The number of halogens is 3. The molecule has 0 nitrogen and oxygen atoms in total. The summed E-state index contributed by atoms with van der Waals surface area (Å²) >= 11 is 0.909. The van der Waals surface area contributed by atoms with E-state index in [4.69, 9.17) is 0 Å². The van der Waals surface area contributed by atoms with Crippen LogP contribution in [0.4, 0.5) is 13.2 Å². The molecule has 0 saturated carbocycles. The summed E-state index contributed by atoms with van der Waals surface area (Å²) in [5.41, 5.74) is 0. The van der Waals surface area contributed by atoms with E-state index in [-0.39, 0.29) is 5.25 Å². The standard InChI is InChI=1S/C6H7F3S/c1-4-2-3-5(10-4)6(7,8)9/h3-4H,2H2,1H3. The molecule has 10 heavy (non-hydrogen) atoms. The van der Waals surface area contributed by atoms with Gasteiger partial charge in [-0.05, 0) is 6.42 Å². The number of allylic oxidation sites excluding steroid dienone is 2. The quantitative estimate of drug-likeness (QED) is 0.535. The SMILES string of the molecule is CC1CC=C(C(F)(F)F)S1. The molecule has 0 amide bonds. The van der Waals surface area contributed by atoms with Crippen molar-refractivity contribution >= 4 is 11.8 Å². The van der Waals surface area contributed by atoms with Crippen molar-refractivity contribution in [2.75, 3.05) is 0 Å². The zero-order valence-corrected chi connectivity index (χ0v) is 6.22. The molecule has 0 fully saturated rings. The third-order valence-corrected chi connectivity index (χ3v) is 2.49. The second-order valence-corrected chi connectivity index (χ2v) is 3.71. The van der Waals surface area contributed by atoms with E-state index in [0.29, 0.717) is 6.42 Å². The Bertz CT molecular complexity index is 159. The highest BCUT2D eigenvalue weighted by Crippen LogP contribution is 2.42. The lowest BCUT2D eigenvalue weighted by atomic mass is 10.3. The van der Waals surface area contributed by atoms with Crippen molar-refractivity contribution in [3.05, 3.63) is 11.0 Å². The second kappa shape index (κ2) is 2.49. The van der Waals surface area contributed by atoms with Gasteiger partial charge < -0.3 is 0 Å². The van der Waals surface area contributed by atoms with E-state index in [1.54, 1.807) is 6.92 Å². The van der Waals surface area contributed by atoms with Gasteiger partial charge >= 0.3 is 6.18 Å². The number of hydrogen-bond donors (Lipinski definition) is 0. The molecule has 1 heterocycles. The minimum atomic E-state index is -4.12. The molecule has 1 atom stereocenters. The van der Waals surface area contributed by atoms with Crippen LogP contribution in [0.5, 0.6) is 0 Å². The van der Waals surface area contributed by atoms with Gasteiger partial charge in [-0.25, -0.2) is 0 Å². The second-order valence-electron chi connectivity index (χ2n) is 2.23. The smallest absolute Gasteiger partial charge is 0.166 e. The topological polar surface area (TPSA) is 0 Å². The van der Waals surface area contributed by atoms with Crippen LogP contribution in [0.2, 0.25) is 0 Å². The van der Waals surface area contributed by atoms with Crippen molar-refractivity contribution in [3.8, 4) is 0 Å². The molecule has 58 valence electrons. The Morgan fingerprint density at radius 2 is 2.20 bits per heavy atom. The third kappa shape index (κ3) is 1.68. The van der Waals surface area contributed by atoms with Crippen LogP contribution in [0.25, 0.3) is 0 Å². The molecule has 0 radical (unpaired) electrons. The molecule has 0 aromatic heterocycles. The summed E-state index contributed by atoms with van der Waals surface area (Å²) in [7, 11) is 0. The lowest BCUT2D eigenvalue weighted by Gasteiger charge is -2.06. The maximum absolute atomic E-state index is 11.8. The van der Waals surface area contributed by atoms with Gasteiger partial charge in [-0.3, -0.25) is 0 Å². The van der Waals surface area contributed by atoms with E-state index in [1.807, 2.05) is 0 Å². The Kier molecular flexibility index (Phi) is 1.99. The monoisotopic (exact) mass is 168 g/mol. The van der Waals surface area contributed by atoms with E-state index in [0.717, 1.165) is 11.8 Å². The Hall–Kier alpha value is -0.120.